The number of H-pyrrole nitrogens is 1. The SMILES string of the molecule is CCO[C@@H]1OC(C(=O)NCc2nc3ccccc3[nH]2)=C[C@H](c2ccc(Br)cc2)[C@H]1CCCO. The molecule has 0 spiro atoms. The number of aliphatic hydroxyl groups excluding tert-OH is 1. The van der Waals surface area contributed by atoms with Crippen molar-refractivity contribution in [2.45, 2.75) is 38.5 Å². The number of carbonyl (C=O) groups is 1. The number of fused-ring (bicyclic) bond motifs is 1. The molecule has 8 heteroatoms. The Bertz CT molecular complexity index is 1080. The second kappa shape index (κ2) is 11.0. The third-order valence-electron chi connectivity index (χ3n) is 5.74. The highest BCUT2D eigenvalue weighted by Gasteiger charge is 2.37. The van der Waals surface area contributed by atoms with Gasteiger partial charge in [-0.25, -0.2) is 4.98 Å². The van der Waals surface area contributed by atoms with E-state index in [1.165, 1.54) is 0 Å². The number of benzene rings is 2. The zero-order valence-electron chi connectivity index (χ0n) is 18.5. The number of hydrogen-bond acceptors (Lipinski definition) is 5. The summed E-state index contributed by atoms with van der Waals surface area (Å²) in [5.41, 5.74) is 2.85. The molecule has 3 atom stereocenters. The third kappa shape index (κ3) is 5.63. The number of allylic oxidation sites excluding steroid dienone is 1. The van der Waals surface area contributed by atoms with E-state index in [1.54, 1.807) is 0 Å². The van der Waals surface area contributed by atoms with Crippen molar-refractivity contribution >= 4 is 32.9 Å². The molecule has 1 aliphatic rings. The number of aromatic nitrogens is 2. The highest BCUT2D eigenvalue weighted by atomic mass is 79.9. The molecule has 3 N–H and O–H groups in total. The van der Waals surface area contributed by atoms with Gasteiger partial charge in [0, 0.05) is 29.5 Å². The highest BCUT2D eigenvalue weighted by molar-refractivity contribution is 9.10. The summed E-state index contributed by atoms with van der Waals surface area (Å²) in [5.74, 6) is 0.486. The number of aliphatic hydroxyl groups is 1. The molecule has 1 amide bonds. The Morgan fingerprint density at radius 1 is 1.24 bits per heavy atom. The predicted molar refractivity (Wildman–Crippen MR) is 129 cm³/mol. The zero-order valence-corrected chi connectivity index (χ0v) is 20.0. The summed E-state index contributed by atoms with van der Waals surface area (Å²) < 4.78 is 12.9. The number of aromatic amines is 1. The number of para-hydroxylation sites is 2. The zero-order chi connectivity index (χ0) is 23.2. The summed E-state index contributed by atoms with van der Waals surface area (Å²) in [6, 6.07) is 15.8. The summed E-state index contributed by atoms with van der Waals surface area (Å²) in [7, 11) is 0. The lowest BCUT2D eigenvalue weighted by Gasteiger charge is -2.37. The Morgan fingerprint density at radius 2 is 2.03 bits per heavy atom. The molecule has 3 aromatic rings. The summed E-state index contributed by atoms with van der Waals surface area (Å²) in [6.07, 6.45) is 2.64. The van der Waals surface area contributed by atoms with E-state index in [1.807, 2.05) is 61.5 Å². The first-order chi connectivity index (χ1) is 16.1. The molecular formula is C25H28BrN3O4. The first kappa shape index (κ1) is 23.5. The van der Waals surface area contributed by atoms with Gasteiger partial charge in [0.1, 0.15) is 5.82 Å². The third-order valence-corrected chi connectivity index (χ3v) is 6.27. The van der Waals surface area contributed by atoms with Crippen LogP contribution in [0.25, 0.3) is 11.0 Å². The van der Waals surface area contributed by atoms with E-state index in [4.69, 9.17) is 9.47 Å². The minimum absolute atomic E-state index is 0.0230. The molecule has 0 saturated heterocycles. The maximum Gasteiger partial charge on any atom is 0.286 e. The molecule has 0 unspecified atom stereocenters. The van der Waals surface area contributed by atoms with Crippen LogP contribution in [0.2, 0.25) is 0 Å². The van der Waals surface area contributed by atoms with Crippen LogP contribution in [0.4, 0.5) is 0 Å². The van der Waals surface area contributed by atoms with Gasteiger partial charge < -0.3 is 24.9 Å². The highest BCUT2D eigenvalue weighted by Crippen LogP contribution is 2.39. The van der Waals surface area contributed by atoms with Crippen molar-refractivity contribution in [3.63, 3.8) is 0 Å². The molecule has 7 nitrogen and oxygen atoms in total. The number of ether oxygens (including phenoxy) is 2. The molecule has 174 valence electrons. The molecule has 2 aromatic carbocycles. The van der Waals surface area contributed by atoms with E-state index < -0.39 is 6.29 Å². The molecule has 0 fully saturated rings. The number of nitrogens with zero attached hydrogens (tertiary/aromatic N) is 1. The van der Waals surface area contributed by atoms with Crippen molar-refractivity contribution in [2.75, 3.05) is 13.2 Å². The molecule has 0 radical (unpaired) electrons. The van der Waals surface area contributed by atoms with Crippen LogP contribution in [-0.4, -0.2) is 40.5 Å². The quantitative estimate of drug-likeness (QED) is 0.394. The Kier molecular flexibility index (Phi) is 7.80. The van der Waals surface area contributed by atoms with Crippen LogP contribution in [0.3, 0.4) is 0 Å². The fourth-order valence-corrected chi connectivity index (χ4v) is 4.43. The van der Waals surface area contributed by atoms with Crippen molar-refractivity contribution in [3.05, 3.63) is 76.2 Å². The van der Waals surface area contributed by atoms with Crippen molar-refractivity contribution in [3.8, 4) is 0 Å². The predicted octanol–water partition coefficient (Wildman–Crippen LogP) is 4.39. The van der Waals surface area contributed by atoms with Gasteiger partial charge >= 0.3 is 0 Å². The van der Waals surface area contributed by atoms with Gasteiger partial charge in [0.25, 0.3) is 5.91 Å². The fourth-order valence-electron chi connectivity index (χ4n) is 4.17. The van der Waals surface area contributed by atoms with Crippen LogP contribution < -0.4 is 5.32 Å². The minimum atomic E-state index is -0.577. The number of rotatable bonds is 9. The molecule has 0 aliphatic carbocycles. The number of amides is 1. The Labute approximate surface area is 201 Å². The monoisotopic (exact) mass is 513 g/mol. The van der Waals surface area contributed by atoms with Crippen LogP contribution in [0.5, 0.6) is 0 Å². The van der Waals surface area contributed by atoms with E-state index in [0.29, 0.717) is 25.3 Å². The smallest absolute Gasteiger partial charge is 0.286 e. The van der Waals surface area contributed by atoms with Gasteiger partial charge in [-0.2, -0.15) is 0 Å². The lowest BCUT2D eigenvalue weighted by atomic mass is 9.80. The summed E-state index contributed by atoms with van der Waals surface area (Å²) in [6.45, 7) is 2.71. The molecule has 1 aliphatic heterocycles. The van der Waals surface area contributed by atoms with E-state index in [9.17, 15) is 9.90 Å². The van der Waals surface area contributed by atoms with Crippen LogP contribution >= 0.6 is 15.9 Å². The van der Waals surface area contributed by atoms with Gasteiger partial charge in [-0.15, -0.1) is 0 Å². The molecule has 4 rings (SSSR count). The fraction of sp³-hybridized carbons (Fsp3) is 0.360. The van der Waals surface area contributed by atoms with E-state index in [2.05, 4.69) is 31.2 Å². The maximum absolute atomic E-state index is 13.0. The summed E-state index contributed by atoms with van der Waals surface area (Å²) >= 11 is 3.48. The topological polar surface area (TPSA) is 96.5 Å². The second-order valence-corrected chi connectivity index (χ2v) is 8.88. The lowest BCUT2D eigenvalue weighted by Crippen LogP contribution is -2.39. The molecule has 0 saturated carbocycles. The van der Waals surface area contributed by atoms with Crippen LogP contribution in [0, 0.1) is 5.92 Å². The first-order valence-electron chi connectivity index (χ1n) is 11.2. The number of hydrogen-bond donors (Lipinski definition) is 3. The number of halogens is 1. The molecule has 33 heavy (non-hydrogen) atoms. The van der Waals surface area contributed by atoms with Gasteiger partial charge in [0.2, 0.25) is 6.29 Å². The minimum Gasteiger partial charge on any atom is -0.459 e. The Balaban J connectivity index is 1.56. The normalized spacial score (nSPS) is 20.3. The Hall–Kier alpha value is -2.68. The Morgan fingerprint density at radius 3 is 2.76 bits per heavy atom. The van der Waals surface area contributed by atoms with Crippen molar-refractivity contribution in [2.24, 2.45) is 5.92 Å². The number of carbonyl (C=O) groups excluding carboxylic acids is 1. The standard InChI is InChI=1S/C25H28BrN3O4/c1-2-32-25-18(6-5-13-30)19(16-9-11-17(26)12-10-16)14-22(33-25)24(31)27-15-23-28-20-7-3-4-8-21(20)29-23/h3-4,7-12,14,18-19,25,30H,2,5-6,13,15H2,1H3,(H,27,31)(H,28,29)/t18-,19-,25-/m1/s1. The summed E-state index contributed by atoms with van der Waals surface area (Å²) in [5, 5.41) is 12.3. The van der Waals surface area contributed by atoms with Crippen LogP contribution in [0.1, 0.15) is 37.1 Å². The van der Waals surface area contributed by atoms with E-state index >= 15 is 0 Å². The van der Waals surface area contributed by atoms with Crippen molar-refractivity contribution in [1.82, 2.24) is 15.3 Å². The van der Waals surface area contributed by atoms with Gasteiger partial charge in [0.15, 0.2) is 5.76 Å². The number of imidazole rings is 1. The molecular weight excluding hydrogens is 486 g/mol. The average Bonchev–Trinajstić information content (AvgIpc) is 3.25. The van der Waals surface area contributed by atoms with E-state index in [0.717, 1.165) is 21.1 Å². The molecule has 0 bridgehead atoms. The van der Waals surface area contributed by atoms with Gasteiger partial charge in [0.05, 0.1) is 17.6 Å². The maximum atomic E-state index is 13.0. The first-order valence-corrected chi connectivity index (χ1v) is 12.0. The molecule has 1 aromatic heterocycles. The largest absolute Gasteiger partial charge is 0.459 e. The van der Waals surface area contributed by atoms with Crippen LogP contribution in [0.15, 0.2) is 64.8 Å². The number of nitrogens with one attached hydrogen (secondary N) is 2. The molecule has 2 heterocycles. The van der Waals surface area contributed by atoms with Crippen molar-refractivity contribution < 1.29 is 19.4 Å². The summed E-state index contributed by atoms with van der Waals surface area (Å²) in [4.78, 5) is 20.8. The second-order valence-electron chi connectivity index (χ2n) is 7.96. The van der Waals surface area contributed by atoms with Crippen molar-refractivity contribution in [1.29, 1.82) is 0 Å². The lowest BCUT2D eigenvalue weighted by molar-refractivity contribution is -0.166. The van der Waals surface area contributed by atoms with Gasteiger partial charge in [-0.1, -0.05) is 40.2 Å². The van der Waals surface area contributed by atoms with E-state index in [-0.39, 0.29) is 36.7 Å². The van der Waals surface area contributed by atoms with Gasteiger partial charge in [-0.05, 0) is 55.7 Å². The van der Waals surface area contributed by atoms with Crippen LogP contribution in [-0.2, 0) is 20.8 Å². The van der Waals surface area contributed by atoms with Gasteiger partial charge in [-0.3, -0.25) is 4.79 Å². The average molecular weight is 514 g/mol.